The first kappa shape index (κ1) is 17.5. The van der Waals surface area contributed by atoms with Crippen molar-refractivity contribution in [2.75, 3.05) is 18.5 Å². The smallest absolute Gasteiger partial charge is 0.422 e. The molecule has 3 N–H and O–H groups in total. The van der Waals surface area contributed by atoms with E-state index >= 15 is 0 Å². The van der Waals surface area contributed by atoms with Gasteiger partial charge in [-0.15, -0.1) is 0 Å². The molecule has 0 saturated carbocycles. The highest BCUT2D eigenvalue weighted by Gasteiger charge is 2.28. The number of aliphatic carboxylic acids is 1. The molecule has 0 heterocycles. The molecule has 0 aliphatic heterocycles. The van der Waals surface area contributed by atoms with Crippen molar-refractivity contribution in [2.45, 2.75) is 12.6 Å². The Balaban J connectivity index is 2.54. The molecule has 0 unspecified atom stereocenters. The summed E-state index contributed by atoms with van der Waals surface area (Å²) >= 11 is 0. The van der Waals surface area contributed by atoms with Crippen molar-refractivity contribution in [3.63, 3.8) is 0 Å². The first-order valence-corrected chi connectivity index (χ1v) is 5.93. The van der Waals surface area contributed by atoms with Crippen molar-refractivity contribution < 1.29 is 37.0 Å². The monoisotopic (exact) mass is 324 g/mol. The Kier molecular flexibility index (Phi) is 5.96. The van der Waals surface area contributed by atoms with Gasteiger partial charge in [0, 0.05) is 18.3 Å². The van der Waals surface area contributed by atoms with Gasteiger partial charge in [0.1, 0.15) is 0 Å². The highest BCUT2D eigenvalue weighted by atomic mass is 19.4. The lowest BCUT2D eigenvalue weighted by Gasteiger charge is -2.11. The molecule has 1 aromatic rings. The lowest BCUT2D eigenvalue weighted by atomic mass is 10.3. The fourth-order valence-corrected chi connectivity index (χ4v) is 1.31. The summed E-state index contributed by atoms with van der Waals surface area (Å²) < 4.78 is 53.6. The Morgan fingerprint density at radius 1 is 1.27 bits per heavy atom. The summed E-state index contributed by atoms with van der Waals surface area (Å²) in [7, 11) is 0. The largest absolute Gasteiger partial charge is 0.481 e. The van der Waals surface area contributed by atoms with Gasteiger partial charge in [-0.05, 0) is 12.1 Å². The average molecular weight is 324 g/mol. The highest BCUT2D eigenvalue weighted by Crippen LogP contribution is 2.23. The minimum absolute atomic E-state index is 0.0234. The van der Waals surface area contributed by atoms with E-state index in [0.29, 0.717) is 0 Å². The summed E-state index contributed by atoms with van der Waals surface area (Å²) in [5.74, 6) is -2.78. The van der Waals surface area contributed by atoms with E-state index in [0.717, 1.165) is 18.2 Å². The van der Waals surface area contributed by atoms with Crippen LogP contribution >= 0.6 is 0 Å². The molecule has 0 bridgehead atoms. The van der Waals surface area contributed by atoms with Crippen molar-refractivity contribution in [3.8, 4) is 5.75 Å². The fourth-order valence-electron chi connectivity index (χ4n) is 1.31. The van der Waals surface area contributed by atoms with Gasteiger partial charge in [-0.2, -0.15) is 13.2 Å². The number of carbonyl (C=O) groups excluding carboxylic acids is 1. The Hall–Kier alpha value is -2.52. The first-order chi connectivity index (χ1) is 10.2. The zero-order valence-electron chi connectivity index (χ0n) is 11.0. The summed E-state index contributed by atoms with van der Waals surface area (Å²) in [4.78, 5) is 21.6. The van der Waals surface area contributed by atoms with Gasteiger partial charge in [0.2, 0.25) is 0 Å². The van der Waals surface area contributed by atoms with Gasteiger partial charge in [-0.1, -0.05) is 0 Å². The van der Waals surface area contributed by atoms with Gasteiger partial charge < -0.3 is 20.5 Å². The molecule has 2 amide bonds. The van der Waals surface area contributed by atoms with E-state index in [9.17, 15) is 27.2 Å². The second-order valence-electron chi connectivity index (χ2n) is 4.07. The molecule has 22 heavy (non-hydrogen) atoms. The Morgan fingerprint density at radius 2 is 1.95 bits per heavy atom. The van der Waals surface area contributed by atoms with Gasteiger partial charge in [0.15, 0.2) is 18.2 Å². The Labute approximate surface area is 122 Å². The van der Waals surface area contributed by atoms with Crippen LogP contribution in [-0.4, -0.2) is 36.4 Å². The molecule has 0 fully saturated rings. The molecule has 6 nitrogen and oxygen atoms in total. The predicted octanol–water partition coefficient (Wildman–Crippen LogP) is 2.36. The number of halogens is 4. The molecule has 1 aromatic carbocycles. The topological polar surface area (TPSA) is 87.7 Å². The number of anilines is 1. The summed E-state index contributed by atoms with van der Waals surface area (Å²) in [6.45, 7) is -1.76. The number of rotatable bonds is 6. The third-order valence-electron chi connectivity index (χ3n) is 2.21. The summed E-state index contributed by atoms with van der Waals surface area (Å²) in [5.41, 5.74) is -0.0234. The second kappa shape index (κ2) is 7.48. The van der Waals surface area contributed by atoms with Crippen LogP contribution in [0, 0.1) is 5.82 Å². The van der Waals surface area contributed by atoms with Gasteiger partial charge in [0.05, 0.1) is 6.42 Å². The van der Waals surface area contributed by atoms with Crippen molar-refractivity contribution >= 4 is 17.7 Å². The van der Waals surface area contributed by atoms with E-state index in [1.54, 1.807) is 0 Å². The molecule has 1 rings (SSSR count). The molecule has 0 spiro atoms. The minimum Gasteiger partial charge on any atom is -0.481 e. The van der Waals surface area contributed by atoms with Gasteiger partial charge >= 0.3 is 18.2 Å². The predicted molar refractivity (Wildman–Crippen MR) is 67.2 cm³/mol. The van der Waals surface area contributed by atoms with Gasteiger partial charge in [0.25, 0.3) is 0 Å². The van der Waals surface area contributed by atoms with Crippen molar-refractivity contribution in [3.05, 3.63) is 24.0 Å². The van der Waals surface area contributed by atoms with Crippen LogP contribution < -0.4 is 15.4 Å². The first-order valence-electron chi connectivity index (χ1n) is 5.93. The zero-order chi connectivity index (χ0) is 16.8. The lowest BCUT2D eigenvalue weighted by molar-refractivity contribution is -0.153. The fraction of sp³-hybridized carbons (Fsp3) is 0.333. The maximum Gasteiger partial charge on any atom is 0.422 e. The lowest BCUT2D eigenvalue weighted by Crippen LogP contribution is -2.30. The van der Waals surface area contributed by atoms with Crippen LogP contribution in [0.15, 0.2) is 18.2 Å². The maximum absolute atomic E-state index is 13.5. The number of alkyl halides is 3. The minimum atomic E-state index is -4.59. The number of urea groups is 1. The standard InChI is InChI=1S/C12H12F4N2O4/c13-8-5-7(18-11(21)17-4-3-10(19)20)1-2-9(8)22-6-12(14,15)16/h1-2,5H,3-4,6H2,(H,19,20)(H2,17,18,21). The summed E-state index contributed by atoms with van der Waals surface area (Å²) in [6, 6.07) is 2.09. The van der Waals surface area contributed by atoms with Crippen LogP contribution in [0.25, 0.3) is 0 Å². The Morgan fingerprint density at radius 3 is 2.50 bits per heavy atom. The number of carboxylic acid groups (broad SMARTS) is 1. The number of ether oxygens (including phenoxy) is 1. The molecular weight excluding hydrogens is 312 g/mol. The van der Waals surface area contributed by atoms with E-state index in [1.165, 1.54) is 0 Å². The number of carboxylic acids is 1. The molecule has 0 saturated heterocycles. The quantitative estimate of drug-likeness (QED) is 0.701. The number of nitrogens with one attached hydrogen (secondary N) is 2. The molecule has 0 aliphatic carbocycles. The number of hydrogen-bond acceptors (Lipinski definition) is 3. The van der Waals surface area contributed by atoms with Crippen LogP contribution in [0.4, 0.5) is 28.0 Å². The number of amides is 2. The number of carbonyl (C=O) groups is 2. The van der Waals surface area contributed by atoms with Crippen LogP contribution in [-0.2, 0) is 4.79 Å². The van der Waals surface area contributed by atoms with Crippen LogP contribution in [0.1, 0.15) is 6.42 Å². The van der Waals surface area contributed by atoms with Gasteiger partial charge in [-0.25, -0.2) is 9.18 Å². The van der Waals surface area contributed by atoms with Crippen LogP contribution in [0.5, 0.6) is 5.75 Å². The molecule has 0 aromatic heterocycles. The molecule has 0 radical (unpaired) electrons. The second-order valence-corrected chi connectivity index (χ2v) is 4.07. The van der Waals surface area contributed by atoms with E-state index in [1.807, 2.05) is 0 Å². The van der Waals surface area contributed by atoms with E-state index in [-0.39, 0.29) is 18.7 Å². The molecule has 122 valence electrons. The number of hydrogen-bond donors (Lipinski definition) is 3. The van der Waals surface area contributed by atoms with Gasteiger partial charge in [-0.3, -0.25) is 4.79 Å². The van der Waals surface area contributed by atoms with Crippen LogP contribution in [0.3, 0.4) is 0 Å². The average Bonchev–Trinajstić information content (AvgIpc) is 2.36. The van der Waals surface area contributed by atoms with Crippen molar-refractivity contribution in [2.24, 2.45) is 0 Å². The molecule has 0 atom stereocenters. The summed E-state index contributed by atoms with van der Waals surface area (Å²) in [5, 5.41) is 12.8. The van der Waals surface area contributed by atoms with E-state index in [4.69, 9.17) is 5.11 Å². The highest BCUT2D eigenvalue weighted by molar-refractivity contribution is 5.89. The summed E-state index contributed by atoms with van der Waals surface area (Å²) in [6.07, 6.45) is -4.88. The number of benzene rings is 1. The van der Waals surface area contributed by atoms with E-state index in [2.05, 4.69) is 15.4 Å². The SMILES string of the molecule is O=C(O)CCNC(=O)Nc1ccc(OCC(F)(F)F)c(F)c1. The van der Waals surface area contributed by atoms with Crippen molar-refractivity contribution in [1.29, 1.82) is 0 Å². The molecule has 10 heteroatoms. The maximum atomic E-state index is 13.5. The normalized spacial score (nSPS) is 10.9. The third-order valence-corrected chi connectivity index (χ3v) is 2.21. The van der Waals surface area contributed by atoms with E-state index < -0.39 is 36.4 Å². The van der Waals surface area contributed by atoms with Crippen LogP contribution in [0.2, 0.25) is 0 Å². The van der Waals surface area contributed by atoms with Crippen molar-refractivity contribution in [1.82, 2.24) is 5.32 Å². The molecule has 0 aliphatic rings. The molecular formula is C12H12F4N2O4. The Bertz CT molecular complexity index is 548. The third kappa shape index (κ3) is 6.77. The zero-order valence-corrected chi connectivity index (χ0v) is 11.0.